The lowest BCUT2D eigenvalue weighted by atomic mass is 10.2. The van der Waals surface area contributed by atoms with Gasteiger partial charge in [0.1, 0.15) is 17.9 Å². The number of nitrogens with one attached hydrogen (secondary N) is 1. The fraction of sp³-hybridized carbons (Fsp3) is 0.286. The molecule has 2 rings (SSSR count). The largest absolute Gasteiger partial charge is 0.324 e. The molecule has 1 aromatic carbocycles. The smallest absolute Gasteiger partial charge is 0.309 e. The third-order valence-electron chi connectivity index (χ3n) is 3.42. The highest BCUT2D eigenvalue weighted by Gasteiger charge is 2.24. The fourth-order valence-electron chi connectivity index (χ4n) is 2.06. The van der Waals surface area contributed by atoms with Crippen molar-refractivity contribution in [3.05, 3.63) is 50.8 Å². The molecular formula is C14H15ClN4O3. The third kappa shape index (κ3) is 3.09. The molecule has 1 heterocycles. The van der Waals surface area contributed by atoms with Crippen LogP contribution in [0.4, 0.5) is 11.4 Å². The summed E-state index contributed by atoms with van der Waals surface area (Å²) in [6, 6.07) is 4.50. The molecule has 2 aromatic rings. The Labute approximate surface area is 132 Å². The molecular weight excluding hydrogens is 308 g/mol. The van der Waals surface area contributed by atoms with E-state index in [9.17, 15) is 14.9 Å². The number of nitrogens with zero attached hydrogens (tertiary/aromatic N) is 3. The van der Waals surface area contributed by atoms with Gasteiger partial charge in [0, 0.05) is 10.7 Å². The average Bonchev–Trinajstić information content (AvgIpc) is 2.83. The molecule has 0 aliphatic rings. The van der Waals surface area contributed by atoms with Crippen molar-refractivity contribution in [3.63, 3.8) is 0 Å². The van der Waals surface area contributed by atoms with Crippen LogP contribution in [0.15, 0.2) is 24.4 Å². The first kappa shape index (κ1) is 16.0. The molecule has 1 amide bonds. The predicted molar refractivity (Wildman–Crippen MR) is 83.1 cm³/mol. The van der Waals surface area contributed by atoms with E-state index >= 15 is 0 Å². The van der Waals surface area contributed by atoms with Gasteiger partial charge >= 0.3 is 5.69 Å². The Balaban J connectivity index is 2.22. The summed E-state index contributed by atoms with van der Waals surface area (Å²) in [4.78, 5) is 22.6. The molecule has 8 heteroatoms. The minimum Gasteiger partial charge on any atom is -0.324 e. The number of nitro groups is 1. The van der Waals surface area contributed by atoms with Crippen LogP contribution in [0.3, 0.4) is 0 Å². The lowest BCUT2D eigenvalue weighted by molar-refractivity contribution is -0.385. The Morgan fingerprint density at radius 3 is 2.73 bits per heavy atom. The summed E-state index contributed by atoms with van der Waals surface area (Å²) in [6.07, 6.45) is 1.14. The molecule has 0 aliphatic heterocycles. The quantitative estimate of drug-likeness (QED) is 0.691. The fourth-order valence-corrected chi connectivity index (χ4v) is 2.23. The number of halogens is 1. The van der Waals surface area contributed by atoms with E-state index in [-0.39, 0.29) is 11.6 Å². The van der Waals surface area contributed by atoms with Crippen LogP contribution in [0.1, 0.15) is 24.2 Å². The first-order valence-electron chi connectivity index (χ1n) is 6.56. The van der Waals surface area contributed by atoms with Crippen molar-refractivity contribution >= 4 is 28.9 Å². The van der Waals surface area contributed by atoms with Crippen molar-refractivity contribution in [2.75, 3.05) is 5.32 Å². The second-order valence-electron chi connectivity index (χ2n) is 4.94. The zero-order chi connectivity index (χ0) is 16.4. The predicted octanol–water partition coefficient (Wildman–Crippen LogP) is 3.26. The molecule has 0 aliphatic carbocycles. The molecule has 1 N–H and O–H groups in total. The second-order valence-corrected chi connectivity index (χ2v) is 5.38. The molecule has 0 radical (unpaired) electrons. The number of carbonyl (C=O) groups is 1. The van der Waals surface area contributed by atoms with Gasteiger partial charge in [0.15, 0.2) is 0 Å². The van der Waals surface area contributed by atoms with Crippen molar-refractivity contribution in [1.29, 1.82) is 0 Å². The standard InChI is InChI=1S/C14H15ClN4O3/c1-8-4-5-11(15)6-12(8)17-14(20)10(3)18-9(2)13(7-16-18)19(21)22/h4-7,10H,1-3H3,(H,17,20). The van der Waals surface area contributed by atoms with Gasteiger partial charge in [-0.3, -0.25) is 19.6 Å². The molecule has 0 saturated heterocycles. The van der Waals surface area contributed by atoms with Gasteiger partial charge in [-0.2, -0.15) is 5.10 Å². The summed E-state index contributed by atoms with van der Waals surface area (Å²) in [5.74, 6) is -0.327. The van der Waals surface area contributed by atoms with Gasteiger partial charge < -0.3 is 5.32 Å². The Bertz CT molecular complexity index is 742. The van der Waals surface area contributed by atoms with Crippen LogP contribution in [0.5, 0.6) is 0 Å². The molecule has 0 saturated carbocycles. The zero-order valence-corrected chi connectivity index (χ0v) is 13.1. The molecule has 0 spiro atoms. The Morgan fingerprint density at radius 1 is 1.45 bits per heavy atom. The maximum atomic E-state index is 12.3. The van der Waals surface area contributed by atoms with Gasteiger partial charge in [0.25, 0.3) is 0 Å². The van der Waals surface area contributed by atoms with Crippen molar-refractivity contribution in [2.45, 2.75) is 26.8 Å². The summed E-state index contributed by atoms with van der Waals surface area (Å²) in [7, 11) is 0. The zero-order valence-electron chi connectivity index (χ0n) is 12.3. The third-order valence-corrected chi connectivity index (χ3v) is 3.65. The molecule has 1 aromatic heterocycles. The van der Waals surface area contributed by atoms with Gasteiger partial charge in [-0.15, -0.1) is 0 Å². The van der Waals surface area contributed by atoms with Crippen LogP contribution < -0.4 is 5.32 Å². The maximum absolute atomic E-state index is 12.3. The topological polar surface area (TPSA) is 90.1 Å². The highest BCUT2D eigenvalue weighted by molar-refractivity contribution is 6.31. The summed E-state index contributed by atoms with van der Waals surface area (Å²) < 4.78 is 1.33. The molecule has 116 valence electrons. The maximum Gasteiger partial charge on any atom is 0.309 e. The molecule has 1 atom stereocenters. The summed E-state index contributed by atoms with van der Waals surface area (Å²) in [5, 5.41) is 18.0. The number of benzene rings is 1. The van der Waals surface area contributed by atoms with Crippen LogP contribution in [-0.4, -0.2) is 20.6 Å². The molecule has 0 fully saturated rings. The number of hydrogen-bond donors (Lipinski definition) is 1. The van der Waals surface area contributed by atoms with Crippen molar-refractivity contribution < 1.29 is 9.72 Å². The first-order valence-corrected chi connectivity index (χ1v) is 6.94. The second kappa shape index (κ2) is 6.15. The van der Waals surface area contributed by atoms with Crippen LogP contribution >= 0.6 is 11.6 Å². The Hall–Kier alpha value is -2.41. The van der Waals surface area contributed by atoms with E-state index in [0.717, 1.165) is 11.8 Å². The lowest BCUT2D eigenvalue weighted by Gasteiger charge is -2.15. The minimum absolute atomic E-state index is 0.112. The van der Waals surface area contributed by atoms with Gasteiger partial charge in [-0.05, 0) is 38.5 Å². The van der Waals surface area contributed by atoms with E-state index in [0.29, 0.717) is 16.4 Å². The minimum atomic E-state index is -0.688. The van der Waals surface area contributed by atoms with Crippen LogP contribution in [0.2, 0.25) is 5.02 Å². The lowest BCUT2D eigenvalue weighted by Crippen LogP contribution is -2.25. The van der Waals surface area contributed by atoms with E-state index in [1.807, 2.05) is 6.92 Å². The number of hydrogen-bond acceptors (Lipinski definition) is 4. The highest BCUT2D eigenvalue weighted by Crippen LogP contribution is 2.23. The number of rotatable bonds is 4. The number of amides is 1. The molecule has 0 bridgehead atoms. The molecule has 22 heavy (non-hydrogen) atoms. The number of carbonyl (C=O) groups excluding carboxylic acids is 1. The van der Waals surface area contributed by atoms with Crippen LogP contribution in [0, 0.1) is 24.0 Å². The van der Waals surface area contributed by atoms with Crippen molar-refractivity contribution in [1.82, 2.24) is 9.78 Å². The highest BCUT2D eigenvalue weighted by atomic mass is 35.5. The molecule has 7 nitrogen and oxygen atoms in total. The average molecular weight is 323 g/mol. The number of aromatic nitrogens is 2. The normalized spacial score (nSPS) is 12.0. The summed E-state index contributed by atoms with van der Waals surface area (Å²) >= 11 is 5.92. The Morgan fingerprint density at radius 2 is 2.14 bits per heavy atom. The van der Waals surface area contributed by atoms with Crippen molar-refractivity contribution in [2.24, 2.45) is 0 Å². The van der Waals surface area contributed by atoms with E-state index in [1.54, 1.807) is 32.0 Å². The summed E-state index contributed by atoms with van der Waals surface area (Å²) in [6.45, 7) is 5.03. The van der Waals surface area contributed by atoms with E-state index in [2.05, 4.69) is 10.4 Å². The van der Waals surface area contributed by atoms with E-state index < -0.39 is 11.0 Å². The molecule has 1 unspecified atom stereocenters. The number of anilines is 1. The van der Waals surface area contributed by atoms with E-state index in [4.69, 9.17) is 11.6 Å². The number of aryl methyl sites for hydroxylation is 1. The van der Waals surface area contributed by atoms with Crippen molar-refractivity contribution in [3.8, 4) is 0 Å². The first-order chi connectivity index (χ1) is 10.3. The van der Waals surface area contributed by atoms with Crippen LogP contribution in [0.25, 0.3) is 0 Å². The van der Waals surface area contributed by atoms with Crippen LogP contribution in [-0.2, 0) is 4.79 Å². The van der Waals surface area contributed by atoms with Gasteiger partial charge in [0.05, 0.1) is 4.92 Å². The van der Waals surface area contributed by atoms with Gasteiger partial charge in [0.2, 0.25) is 5.91 Å². The monoisotopic (exact) mass is 322 g/mol. The van der Waals surface area contributed by atoms with Gasteiger partial charge in [-0.25, -0.2) is 0 Å². The van der Waals surface area contributed by atoms with Gasteiger partial charge in [-0.1, -0.05) is 17.7 Å². The Kier molecular flexibility index (Phi) is 4.46. The summed E-state index contributed by atoms with van der Waals surface area (Å²) in [5.41, 5.74) is 1.69. The SMILES string of the molecule is Cc1ccc(Cl)cc1NC(=O)C(C)n1ncc([N+](=O)[O-])c1C. The van der Waals surface area contributed by atoms with E-state index in [1.165, 1.54) is 4.68 Å².